The van der Waals surface area contributed by atoms with Gasteiger partial charge in [-0.25, -0.2) is 4.98 Å². The molecule has 74 valence electrons. The Bertz CT molecular complexity index is 478. The topological polar surface area (TPSA) is 60.4 Å². The Morgan fingerprint density at radius 1 is 1.50 bits per heavy atom. The minimum Gasteiger partial charge on any atom is -0.364 e. The lowest BCUT2D eigenvalue weighted by Crippen LogP contribution is -2.14. The third kappa shape index (κ3) is 1.44. The molecule has 2 heterocycles. The number of rotatable bonds is 1. The molecule has 0 aromatic carbocycles. The molecule has 0 spiro atoms. The number of nitrogens with two attached hydrogens (primary N) is 1. The van der Waals surface area contributed by atoms with Crippen LogP contribution in [0.15, 0.2) is 24.4 Å². The lowest BCUT2D eigenvalue weighted by Gasteiger charge is -1.95. The molecule has 0 bridgehead atoms. The van der Waals surface area contributed by atoms with Gasteiger partial charge in [0.05, 0.1) is 5.69 Å². The van der Waals surface area contributed by atoms with Crippen molar-refractivity contribution in [3.8, 4) is 0 Å². The number of aryl methyl sites for hydroxylation is 1. The predicted octanol–water partition coefficient (Wildman–Crippen LogP) is 1.16. The van der Waals surface area contributed by atoms with E-state index in [1.165, 1.54) is 0 Å². The molecule has 0 unspecified atom stereocenters. The largest absolute Gasteiger partial charge is 0.364 e. The number of fused-ring (bicyclic) bond motifs is 1. The molecule has 0 atom stereocenters. The van der Waals surface area contributed by atoms with E-state index in [0.29, 0.717) is 11.4 Å². The quantitative estimate of drug-likeness (QED) is 0.770. The Kier molecular flexibility index (Phi) is 2.76. The van der Waals surface area contributed by atoms with Crippen molar-refractivity contribution in [3.05, 3.63) is 35.8 Å². The van der Waals surface area contributed by atoms with Crippen LogP contribution >= 0.6 is 12.4 Å². The highest BCUT2D eigenvalue weighted by atomic mass is 35.5. The third-order valence-corrected chi connectivity index (χ3v) is 1.94. The first-order chi connectivity index (χ1) is 6.20. The Morgan fingerprint density at radius 2 is 2.21 bits per heavy atom. The number of imidazole rings is 1. The molecule has 2 N–H and O–H groups in total. The Balaban J connectivity index is 0.000000980. The van der Waals surface area contributed by atoms with Crippen LogP contribution in [0.1, 0.15) is 16.2 Å². The van der Waals surface area contributed by atoms with E-state index in [9.17, 15) is 4.79 Å². The number of pyridine rings is 1. The van der Waals surface area contributed by atoms with Gasteiger partial charge in [-0.05, 0) is 19.1 Å². The standard InChI is InChI=1S/C9H9N3O.ClH/c1-6-8(9(10)13)12-5-3-2-4-7(12)11-6;/h2-5H,1H3,(H2,10,13);1H. The van der Waals surface area contributed by atoms with Gasteiger partial charge in [0, 0.05) is 6.20 Å². The van der Waals surface area contributed by atoms with Crippen LogP contribution in [0.25, 0.3) is 5.65 Å². The molecule has 5 heteroatoms. The molecule has 2 aromatic heterocycles. The molecule has 2 aromatic rings. The number of nitrogens with zero attached hydrogens (tertiary/aromatic N) is 2. The highest BCUT2D eigenvalue weighted by molar-refractivity contribution is 5.93. The van der Waals surface area contributed by atoms with Crippen molar-refractivity contribution < 1.29 is 4.79 Å². The van der Waals surface area contributed by atoms with Crippen molar-refractivity contribution in [1.82, 2.24) is 9.38 Å². The van der Waals surface area contributed by atoms with Gasteiger partial charge in [0.15, 0.2) is 0 Å². The maximum absolute atomic E-state index is 11.1. The first-order valence-electron chi connectivity index (χ1n) is 3.93. The maximum atomic E-state index is 11.1. The highest BCUT2D eigenvalue weighted by Crippen LogP contribution is 2.10. The fourth-order valence-electron chi connectivity index (χ4n) is 1.41. The predicted molar refractivity (Wildman–Crippen MR) is 55.7 cm³/mol. The van der Waals surface area contributed by atoms with E-state index < -0.39 is 5.91 Å². The van der Waals surface area contributed by atoms with E-state index in [-0.39, 0.29) is 12.4 Å². The smallest absolute Gasteiger partial charge is 0.267 e. The zero-order chi connectivity index (χ0) is 9.42. The van der Waals surface area contributed by atoms with Gasteiger partial charge in [0.25, 0.3) is 5.91 Å². The summed E-state index contributed by atoms with van der Waals surface area (Å²) in [7, 11) is 0. The molecule has 0 aliphatic carbocycles. The van der Waals surface area contributed by atoms with E-state index in [1.54, 1.807) is 17.5 Å². The second-order valence-electron chi connectivity index (χ2n) is 2.84. The fourth-order valence-corrected chi connectivity index (χ4v) is 1.41. The summed E-state index contributed by atoms with van der Waals surface area (Å²) in [4.78, 5) is 15.3. The van der Waals surface area contributed by atoms with Crippen LogP contribution < -0.4 is 5.73 Å². The first-order valence-corrected chi connectivity index (χ1v) is 3.93. The third-order valence-electron chi connectivity index (χ3n) is 1.94. The number of hydrogen-bond acceptors (Lipinski definition) is 2. The Labute approximate surface area is 87.2 Å². The molecule has 0 aliphatic heterocycles. The fraction of sp³-hybridized carbons (Fsp3) is 0.111. The summed E-state index contributed by atoms with van der Waals surface area (Å²) in [5.74, 6) is -0.448. The molecule has 0 saturated heterocycles. The number of hydrogen-bond donors (Lipinski definition) is 1. The molecule has 0 radical (unpaired) electrons. The summed E-state index contributed by atoms with van der Waals surface area (Å²) in [6.45, 7) is 1.77. The summed E-state index contributed by atoms with van der Waals surface area (Å²) in [6.07, 6.45) is 1.77. The van der Waals surface area contributed by atoms with Crippen LogP contribution in [-0.2, 0) is 0 Å². The van der Waals surface area contributed by atoms with Crippen LogP contribution in [0, 0.1) is 6.92 Å². The van der Waals surface area contributed by atoms with E-state index in [2.05, 4.69) is 4.98 Å². The van der Waals surface area contributed by atoms with Gasteiger partial charge in [0.2, 0.25) is 0 Å². The van der Waals surface area contributed by atoms with Crippen molar-refractivity contribution in [2.45, 2.75) is 6.92 Å². The molecule has 0 aliphatic rings. The van der Waals surface area contributed by atoms with E-state index >= 15 is 0 Å². The van der Waals surface area contributed by atoms with Gasteiger partial charge in [-0.2, -0.15) is 0 Å². The van der Waals surface area contributed by atoms with Crippen molar-refractivity contribution in [2.75, 3.05) is 0 Å². The zero-order valence-electron chi connectivity index (χ0n) is 7.60. The Morgan fingerprint density at radius 3 is 2.86 bits per heavy atom. The maximum Gasteiger partial charge on any atom is 0.267 e. The highest BCUT2D eigenvalue weighted by Gasteiger charge is 2.11. The number of primary amides is 1. The van der Waals surface area contributed by atoms with Gasteiger partial charge < -0.3 is 5.73 Å². The van der Waals surface area contributed by atoms with Crippen LogP contribution in [0.2, 0.25) is 0 Å². The van der Waals surface area contributed by atoms with Crippen LogP contribution in [0.5, 0.6) is 0 Å². The second-order valence-corrected chi connectivity index (χ2v) is 2.84. The molecular formula is C9H10ClN3O. The van der Waals surface area contributed by atoms with Crippen molar-refractivity contribution >= 4 is 24.0 Å². The lowest BCUT2D eigenvalue weighted by atomic mass is 10.3. The monoisotopic (exact) mass is 211 g/mol. The Hall–Kier alpha value is -1.55. The van der Waals surface area contributed by atoms with E-state index in [1.807, 2.05) is 18.2 Å². The van der Waals surface area contributed by atoms with Crippen molar-refractivity contribution in [2.24, 2.45) is 5.73 Å². The summed E-state index contributed by atoms with van der Waals surface area (Å²) < 4.78 is 1.69. The average Bonchev–Trinajstić information content (AvgIpc) is 2.39. The van der Waals surface area contributed by atoms with Crippen LogP contribution in [0.4, 0.5) is 0 Å². The van der Waals surface area contributed by atoms with E-state index in [4.69, 9.17) is 5.73 Å². The van der Waals surface area contributed by atoms with Gasteiger partial charge in [-0.15, -0.1) is 12.4 Å². The summed E-state index contributed by atoms with van der Waals surface area (Å²) in [5.41, 5.74) is 7.09. The van der Waals surface area contributed by atoms with Crippen LogP contribution in [0.3, 0.4) is 0 Å². The normalized spacial score (nSPS) is 9.79. The minimum atomic E-state index is -0.448. The number of halogens is 1. The van der Waals surface area contributed by atoms with Crippen LogP contribution in [-0.4, -0.2) is 15.3 Å². The van der Waals surface area contributed by atoms with Crippen molar-refractivity contribution in [1.29, 1.82) is 0 Å². The van der Waals surface area contributed by atoms with Crippen molar-refractivity contribution in [3.63, 3.8) is 0 Å². The second kappa shape index (κ2) is 3.67. The molecule has 4 nitrogen and oxygen atoms in total. The summed E-state index contributed by atoms with van der Waals surface area (Å²) in [5, 5.41) is 0. The molecule has 0 fully saturated rings. The number of carbonyl (C=O) groups is 1. The van der Waals surface area contributed by atoms with Gasteiger partial charge >= 0.3 is 0 Å². The lowest BCUT2D eigenvalue weighted by molar-refractivity contribution is 0.0994. The first kappa shape index (κ1) is 10.5. The average molecular weight is 212 g/mol. The number of aromatic nitrogens is 2. The van der Waals surface area contributed by atoms with E-state index in [0.717, 1.165) is 5.65 Å². The molecular weight excluding hydrogens is 202 g/mol. The number of carbonyl (C=O) groups excluding carboxylic acids is 1. The molecule has 14 heavy (non-hydrogen) atoms. The SMILES string of the molecule is Cc1nc2ccccn2c1C(N)=O.Cl. The zero-order valence-corrected chi connectivity index (χ0v) is 8.41. The molecule has 1 amide bonds. The van der Waals surface area contributed by atoms with Gasteiger partial charge in [-0.3, -0.25) is 9.20 Å². The number of amides is 1. The summed E-state index contributed by atoms with van der Waals surface area (Å²) in [6, 6.07) is 5.53. The van der Waals surface area contributed by atoms with Gasteiger partial charge in [0.1, 0.15) is 11.3 Å². The van der Waals surface area contributed by atoms with Gasteiger partial charge in [-0.1, -0.05) is 6.07 Å². The molecule has 2 rings (SSSR count). The summed E-state index contributed by atoms with van der Waals surface area (Å²) >= 11 is 0. The molecule has 0 saturated carbocycles. The minimum absolute atomic E-state index is 0.